The Bertz CT molecular complexity index is 2670. The molecule has 0 unspecified atom stereocenters. The van der Waals surface area contributed by atoms with Crippen LogP contribution in [-0.2, 0) is 0 Å². The van der Waals surface area contributed by atoms with Crippen molar-refractivity contribution in [3.05, 3.63) is 182 Å². The van der Waals surface area contributed by atoms with Crippen molar-refractivity contribution in [1.29, 1.82) is 0 Å². The minimum absolute atomic E-state index is 0.858. The molecule has 3 nitrogen and oxygen atoms in total. The lowest BCUT2D eigenvalue weighted by Crippen LogP contribution is -2.11. The van der Waals surface area contributed by atoms with E-state index < -0.39 is 0 Å². The van der Waals surface area contributed by atoms with Gasteiger partial charge in [-0.2, -0.15) is 0 Å². The van der Waals surface area contributed by atoms with E-state index in [1.165, 1.54) is 30.9 Å². The van der Waals surface area contributed by atoms with Gasteiger partial charge in [0.1, 0.15) is 11.5 Å². The van der Waals surface area contributed by atoms with Crippen molar-refractivity contribution in [2.45, 2.75) is 9.79 Å². The van der Waals surface area contributed by atoms with Gasteiger partial charge in [-0.15, -0.1) is 11.3 Å². The Morgan fingerprint density at radius 2 is 0.961 bits per heavy atom. The van der Waals surface area contributed by atoms with Crippen molar-refractivity contribution < 1.29 is 4.74 Å². The van der Waals surface area contributed by atoms with Gasteiger partial charge in [-0.25, -0.2) is 0 Å². The fourth-order valence-electron chi connectivity index (χ4n) is 7.09. The molecule has 0 atom stereocenters. The Balaban J connectivity index is 1.03. The van der Waals surface area contributed by atoms with E-state index in [0.29, 0.717) is 0 Å². The topological polar surface area (TPSA) is 15.7 Å². The molecule has 51 heavy (non-hydrogen) atoms. The van der Waals surface area contributed by atoms with Crippen LogP contribution in [0, 0.1) is 0 Å². The van der Waals surface area contributed by atoms with Crippen molar-refractivity contribution in [3.8, 4) is 11.5 Å². The van der Waals surface area contributed by atoms with Gasteiger partial charge in [-0.1, -0.05) is 103 Å². The van der Waals surface area contributed by atoms with E-state index in [4.69, 9.17) is 4.74 Å². The lowest BCUT2D eigenvalue weighted by molar-refractivity contribution is 0.455. The molecule has 0 saturated carbocycles. The molecule has 242 valence electrons. The van der Waals surface area contributed by atoms with Crippen LogP contribution >= 0.6 is 23.1 Å². The zero-order valence-electron chi connectivity index (χ0n) is 27.4. The van der Waals surface area contributed by atoms with Crippen LogP contribution in [0.1, 0.15) is 0 Å². The molecule has 0 fully saturated rings. The van der Waals surface area contributed by atoms with Gasteiger partial charge in [-0.05, 0) is 95.7 Å². The van der Waals surface area contributed by atoms with Crippen LogP contribution in [0.4, 0.5) is 34.1 Å². The Hall–Kier alpha value is -6.01. The summed E-state index contributed by atoms with van der Waals surface area (Å²) >= 11 is 3.63. The summed E-state index contributed by atoms with van der Waals surface area (Å²) in [6, 6.07) is 64.7. The van der Waals surface area contributed by atoms with Crippen LogP contribution in [0.3, 0.4) is 0 Å². The molecule has 0 N–H and O–H groups in total. The molecule has 0 spiro atoms. The highest BCUT2D eigenvalue weighted by Gasteiger charge is 2.23. The highest BCUT2D eigenvalue weighted by atomic mass is 32.2. The smallest absolute Gasteiger partial charge is 0.143 e. The molecule has 0 amide bonds. The van der Waals surface area contributed by atoms with Crippen molar-refractivity contribution >= 4 is 88.2 Å². The van der Waals surface area contributed by atoms with Crippen LogP contribution in [-0.4, -0.2) is 0 Å². The summed E-state index contributed by atoms with van der Waals surface area (Å²) in [5.74, 6) is 1.72. The number of para-hydroxylation sites is 3. The van der Waals surface area contributed by atoms with E-state index >= 15 is 0 Å². The number of hydrogen-bond acceptors (Lipinski definition) is 5. The summed E-state index contributed by atoms with van der Waals surface area (Å²) in [7, 11) is 0. The maximum absolute atomic E-state index is 6.65. The first-order valence-corrected chi connectivity index (χ1v) is 18.6. The molecule has 2 heterocycles. The zero-order valence-corrected chi connectivity index (χ0v) is 29.1. The fraction of sp³-hybridized carbons (Fsp3) is 0. The van der Waals surface area contributed by atoms with E-state index in [1.807, 2.05) is 23.5 Å². The van der Waals surface area contributed by atoms with E-state index in [2.05, 4.69) is 180 Å². The Morgan fingerprint density at radius 1 is 0.373 bits per heavy atom. The van der Waals surface area contributed by atoms with Gasteiger partial charge in [-0.3, -0.25) is 0 Å². The summed E-state index contributed by atoms with van der Waals surface area (Å²) in [5.41, 5.74) is 6.55. The fourth-order valence-corrected chi connectivity index (χ4v) is 9.28. The van der Waals surface area contributed by atoms with E-state index in [1.54, 1.807) is 11.8 Å². The molecule has 0 bridgehead atoms. The van der Waals surface area contributed by atoms with E-state index in [9.17, 15) is 0 Å². The average molecular weight is 691 g/mol. The molecule has 0 radical (unpaired) electrons. The molecule has 1 aliphatic rings. The van der Waals surface area contributed by atoms with Gasteiger partial charge in [0.25, 0.3) is 0 Å². The van der Waals surface area contributed by atoms with Gasteiger partial charge in [0.05, 0.1) is 9.79 Å². The Morgan fingerprint density at radius 3 is 1.69 bits per heavy atom. The number of nitrogens with zero attached hydrogens (tertiary/aromatic N) is 2. The van der Waals surface area contributed by atoms with Crippen LogP contribution in [0.15, 0.2) is 192 Å². The maximum atomic E-state index is 6.65. The summed E-state index contributed by atoms with van der Waals surface area (Å²) in [6.45, 7) is 0. The zero-order chi connectivity index (χ0) is 33.7. The first-order valence-electron chi connectivity index (χ1n) is 17.0. The molecular formula is C46H30N2OS2. The lowest BCUT2D eigenvalue weighted by atomic mass is 10.1. The second kappa shape index (κ2) is 12.4. The van der Waals surface area contributed by atoms with Gasteiger partial charge < -0.3 is 14.5 Å². The maximum Gasteiger partial charge on any atom is 0.143 e. The third-order valence-electron chi connectivity index (χ3n) is 9.46. The number of benzene rings is 8. The summed E-state index contributed by atoms with van der Waals surface area (Å²) in [5, 5.41) is 5.16. The van der Waals surface area contributed by atoms with Crippen LogP contribution in [0.2, 0.25) is 0 Å². The van der Waals surface area contributed by atoms with Crippen molar-refractivity contribution in [2.24, 2.45) is 0 Å². The normalized spacial score (nSPS) is 12.0. The van der Waals surface area contributed by atoms with Crippen LogP contribution < -0.4 is 14.5 Å². The Kier molecular flexibility index (Phi) is 7.26. The molecule has 5 heteroatoms. The second-order valence-corrected chi connectivity index (χ2v) is 14.7. The minimum Gasteiger partial charge on any atom is -0.455 e. The van der Waals surface area contributed by atoms with Gasteiger partial charge in [0.15, 0.2) is 0 Å². The summed E-state index contributed by atoms with van der Waals surface area (Å²) < 4.78 is 9.28. The monoisotopic (exact) mass is 690 g/mol. The molecule has 1 aliphatic heterocycles. The number of anilines is 6. The number of fused-ring (bicyclic) bond motifs is 7. The largest absolute Gasteiger partial charge is 0.455 e. The second-order valence-electron chi connectivity index (χ2n) is 12.6. The first-order chi connectivity index (χ1) is 25.3. The average Bonchev–Trinajstić information content (AvgIpc) is 3.57. The molecule has 1 aromatic heterocycles. The third-order valence-corrected chi connectivity index (χ3v) is 11.8. The lowest BCUT2D eigenvalue weighted by Gasteiger charge is -2.29. The number of hydrogen-bond donors (Lipinski definition) is 0. The van der Waals surface area contributed by atoms with Gasteiger partial charge in [0, 0.05) is 60.4 Å². The van der Waals surface area contributed by atoms with Crippen molar-refractivity contribution in [3.63, 3.8) is 0 Å². The van der Waals surface area contributed by atoms with E-state index in [-0.39, 0.29) is 0 Å². The van der Waals surface area contributed by atoms with Crippen LogP contribution in [0.5, 0.6) is 11.5 Å². The van der Waals surface area contributed by atoms with Crippen LogP contribution in [0.25, 0.3) is 30.9 Å². The quantitative estimate of drug-likeness (QED) is 0.172. The first kappa shape index (κ1) is 29.9. The summed E-state index contributed by atoms with van der Waals surface area (Å²) in [6.07, 6.45) is 0. The highest BCUT2D eigenvalue weighted by molar-refractivity contribution is 7.99. The molecule has 8 aromatic carbocycles. The van der Waals surface area contributed by atoms with Gasteiger partial charge >= 0.3 is 0 Å². The number of thiophene rings is 1. The third kappa shape index (κ3) is 5.30. The number of ether oxygens (including phenoxy) is 1. The molecule has 10 rings (SSSR count). The van der Waals surface area contributed by atoms with Crippen molar-refractivity contribution in [1.82, 2.24) is 0 Å². The predicted molar refractivity (Wildman–Crippen MR) is 217 cm³/mol. The van der Waals surface area contributed by atoms with Crippen molar-refractivity contribution in [2.75, 3.05) is 9.80 Å². The van der Waals surface area contributed by atoms with E-state index in [0.717, 1.165) is 55.4 Å². The molecule has 0 aliphatic carbocycles. The Labute approximate surface area is 304 Å². The standard InChI is InChI=1S/C46H30N2OS2/c1-4-13-32(14-5-1)47(33-15-6-2-7-16-33)36-23-27-44-42(29-36)49-41-25-21-37(30-45(41)50-44)48(34-17-8-3-9-18-34)35-22-26-43-40(28-35)39-24-20-31-12-10-11-19-38(31)46(39)51-43/h1-30H. The number of rotatable bonds is 6. The summed E-state index contributed by atoms with van der Waals surface area (Å²) in [4.78, 5) is 6.79. The molecule has 9 aromatic rings. The SMILES string of the molecule is c1ccc(N(c2ccccc2)c2ccc3c(c2)Oc2ccc(N(c4ccccc4)c4ccc5sc6c7ccccc7ccc6c5c4)cc2S3)cc1. The predicted octanol–water partition coefficient (Wildman–Crippen LogP) is 14.4. The van der Waals surface area contributed by atoms with Gasteiger partial charge in [0.2, 0.25) is 0 Å². The molecule has 0 saturated heterocycles. The highest BCUT2D eigenvalue weighted by Crippen LogP contribution is 2.51. The molecular weight excluding hydrogens is 661 g/mol. The minimum atomic E-state index is 0.858.